The van der Waals surface area contributed by atoms with Gasteiger partial charge in [0.15, 0.2) is 0 Å². The van der Waals surface area contributed by atoms with Crippen molar-refractivity contribution in [2.45, 2.75) is 26.2 Å². The van der Waals surface area contributed by atoms with Crippen molar-refractivity contribution in [1.29, 1.82) is 0 Å². The van der Waals surface area contributed by atoms with Crippen molar-refractivity contribution in [1.82, 2.24) is 19.9 Å². The van der Waals surface area contributed by atoms with Crippen molar-refractivity contribution in [3.8, 4) is 0 Å². The van der Waals surface area contributed by atoms with Gasteiger partial charge in [-0.15, -0.1) is 0 Å². The van der Waals surface area contributed by atoms with Gasteiger partial charge in [0.05, 0.1) is 12.0 Å². The van der Waals surface area contributed by atoms with E-state index in [4.69, 9.17) is 7.85 Å². The first-order chi connectivity index (χ1) is 12.2. The van der Waals surface area contributed by atoms with Gasteiger partial charge in [0, 0.05) is 11.1 Å². The van der Waals surface area contributed by atoms with Crippen molar-refractivity contribution in [2.24, 2.45) is 0 Å². The van der Waals surface area contributed by atoms with Crippen molar-refractivity contribution >= 4 is 25.5 Å². The molecular weight excluding hydrogens is 327 g/mol. The van der Waals surface area contributed by atoms with E-state index in [-0.39, 0.29) is 16.1 Å². The number of nitrogens with one attached hydrogen (secondary N) is 3. The highest BCUT2D eigenvalue weighted by Gasteiger charge is 2.19. The van der Waals surface area contributed by atoms with Gasteiger partial charge < -0.3 is 15.0 Å². The van der Waals surface area contributed by atoms with Crippen LogP contribution in [-0.2, 0) is 5.41 Å². The number of H-pyrrole nitrogens is 3. The minimum Gasteiger partial charge on any atom is -0.348 e. The average Bonchev–Trinajstić information content (AvgIpc) is 3.01. The smallest absolute Gasteiger partial charge is 0.272 e. The van der Waals surface area contributed by atoms with Crippen LogP contribution in [0.3, 0.4) is 0 Å². The second-order valence-corrected chi connectivity index (χ2v) is 7.11. The maximum Gasteiger partial charge on any atom is 0.272 e. The van der Waals surface area contributed by atoms with Crippen LogP contribution in [0.1, 0.15) is 37.7 Å². The number of imidazole rings is 1. The molecule has 0 saturated carbocycles. The minimum atomic E-state index is -0.400. The summed E-state index contributed by atoms with van der Waals surface area (Å²) < 4.78 is 0. The molecule has 0 amide bonds. The van der Waals surface area contributed by atoms with Gasteiger partial charge in [0.2, 0.25) is 0 Å². The molecule has 0 spiro atoms. The van der Waals surface area contributed by atoms with E-state index in [0.717, 1.165) is 11.3 Å². The van der Waals surface area contributed by atoms with E-state index in [1.165, 1.54) is 0 Å². The van der Waals surface area contributed by atoms with Crippen LogP contribution in [0, 0.1) is 0 Å². The number of benzene rings is 1. The number of aromatic amines is 3. The zero-order valence-electron chi connectivity index (χ0n) is 14.9. The Hall–Kier alpha value is -3.09. The molecule has 0 fully saturated rings. The third-order valence-electron chi connectivity index (χ3n) is 3.91. The average molecular weight is 346 g/mol. The van der Waals surface area contributed by atoms with Crippen molar-refractivity contribution < 1.29 is 0 Å². The predicted molar refractivity (Wildman–Crippen MR) is 103 cm³/mol. The lowest BCUT2D eigenvalue weighted by atomic mass is 9.90. The summed E-state index contributed by atoms with van der Waals surface area (Å²) in [5, 5.41) is 0.313. The molecule has 7 heteroatoms. The van der Waals surface area contributed by atoms with E-state index >= 15 is 0 Å². The molecule has 3 aromatic rings. The van der Waals surface area contributed by atoms with Gasteiger partial charge >= 0.3 is 0 Å². The molecule has 2 radical (unpaired) electrons. The Labute approximate surface area is 151 Å². The van der Waals surface area contributed by atoms with E-state index < -0.39 is 11.1 Å². The molecule has 3 rings (SSSR count). The molecule has 3 N–H and O–H groups in total. The maximum absolute atomic E-state index is 12.4. The van der Waals surface area contributed by atoms with E-state index in [1.54, 1.807) is 42.7 Å². The summed E-state index contributed by atoms with van der Waals surface area (Å²) in [5.41, 5.74) is 1.84. The lowest BCUT2D eigenvalue weighted by Crippen LogP contribution is -2.46. The summed E-state index contributed by atoms with van der Waals surface area (Å²) in [6.07, 6.45) is 4.72. The molecule has 0 atom stereocenters. The Morgan fingerprint density at radius 2 is 1.69 bits per heavy atom. The predicted octanol–water partition coefficient (Wildman–Crippen LogP) is -0.465. The Kier molecular flexibility index (Phi) is 4.55. The standard InChI is InChI=1S/C19H19BN4O2/c1-19(2,3)16-13(21-10-22-16)9-15-18(26)23-14(17(25)24-15)8-11-5-4-6-12(20)7-11/h4-10H,1-3H3,(H,21,22)(H,23,26)(H,24,25)/b14-8-,15-9-. The number of aromatic nitrogens is 4. The highest BCUT2D eigenvalue weighted by Crippen LogP contribution is 2.22. The molecule has 0 bridgehead atoms. The molecule has 26 heavy (non-hydrogen) atoms. The lowest BCUT2D eigenvalue weighted by molar-refractivity contribution is 0.571. The Morgan fingerprint density at radius 3 is 2.31 bits per heavy atom. The number of rotatable bonds is 2. The molecular formula is C19H19BN4O2. The number of hydrogen-bond acceptors (Lipinski definition) is 3. The molecule has 0 aliphatic carbocycles. The second kappa shape index (κ2) is 6.67. The van der Waals surface area contributed by atoms with Gasteiger partial charge in [-0.3, -0.25) is 9.59 Å². The van der Waals surface area contributed by atoms with E-state index in [9.17, 15) is 9.59 Å². The molecule has 0 aliphatic heterocycles. The van der Waals surface area contributed by atoms with Crippen LogP contribution >= 0.6 is 0 Å². The first-order valence-electron chi connectivity index (χ1n) is 8.19. The van der Waals surface area contributed by atoms with Crippen LogP contribution in [0.2, 0.25) is 0 Å². The summed E-state index contributed by atoms with van der Waals surface area (Å²) in [6, 6.07) is 7.05. The van der Waals surface area contributed by atoms with Crippen molar-refractivity contribution in [3.63, 3.8) is 0 Å². The van der Waals surface area contributed by atoms with Crippen LogP contribution in [0.5, 0.6) is 0 Å². The monoisotopic (exact) mass is 346 g/mol. The molecule has 0 aliphatic rings. The Balaban J connectivity index is 2.14. The van der Waals surface area contributed by atoms with Crippen molar-refractivity contribution in [3.05, 3.63) is 78.9 Å². The summed E-state index contributed by atoms with van der Waals surface area (Å²) in [6.45, 7) is 6.11. The summed E-state index contributed by atoms with van der Waals surface area (Å²) in [4.78, 5) is 37.3. The fraction of sp³-hybridized carbons (Fsp3) is 0.211. The zero-order chi connectivity index (χ0) is 18.9. The summed E-state index contributed by atoms with van der Waals surface area (Å²) in [5.74, 6) is 0. The molecule has 2 heterocycles. The Morgan fingerprint density at radius 1 is 1.04 bits per heavy atom. The van der Waals surface area contributed by atoms with Crippen LogP contribution < -0.4 is 27.3 Å². The van der Waals surface area contributed by atoms with E-state index in [0.29, 0.717) is 11.2 Å². The van der Waals surface area contributed by atoms with E-state index in [1.807, 2.05) is 20.8 Å². The van der Waals surface area contributed by atoms with Crippen LogP contribution in [0.25, 0.3) is 12.2 Å². The van der Waals surface area contributed by atoms with Gasteiger partial charge in [0.1, 0.15) is 18.5 Å². The number of hydrogen-bond donors (Lipinski definition) is 3. The molecule has 0 saturated heterocycles. The number of nitrogens with zero attached hydrogens (tertiary/aromatic N) is 1. The molecule has 2 aromatic heterocycles. The summed E-state index contributed by atoms with van der Waals surface area (Å²) in [7, 11) is 5.74. The van der Waals surface area contributed by atoms with E-state index in [2.05, 4.69) is 19.9 Å². The van der Waals surface area contributed by atoms with Gasteiger partial charge in [-0.25, -0.2) is 4.98 Å². The highest BCUT2D eigenvalue weighted by molar-refractivity contribution is 6.32. The van der Waals surface area contributed by atoms with Gasteiger partial charge in [-0.1, -0.05) is 50.5 Å². The third kappa shape index (κ3) is 3.77. The minimum absolute atomic E-state index is 0.150. The van der Waals surface area contributed by atoms with Gasteiger partial charge in [-0.05, 0) is 17.7 Å². The lowest BCUT2D eigenvalue weighted by Gasteiger charge is -2.16. The van der Waals surface area contributed by atoms with Crippen LogP contribution in [0.15, 0.2) is 40.2 Å². The van der Waals surface area contributed by atoms with Crippen LogP contribution in [0.4, 0.5) is 0 Å². The summed E-state index contributed by atoms with van der Waals surface area (Å²) >= 11 is 0. The third-order valence-corrected chi connectivity index (χ3v) is 3.91. The van der Waals surface area contributed by atoms with Crippen molar-refractivity contribution in [2.75, 3.05) is 0 Å². The second-order valence-electron chi connectivity index (χ2n) is 7.11. The SMILES string of the molecule is [B]c1cccc(/C=c2\[nH]c(=O)/c(=C/c3nc[nH]c3C(C)(C)C)[nH]c2=O)c1. The molecule has 6 nitrogen and oxygen atoms in total. The van der Waals surface area contributed by atoms with Gasteiger partial charge in [-0.2, -0.15) is 0 Å². The largest absolute Gasteiger partial charge is 0.348 e. The first kappa shape index (κ1) is 17.7. The zero-order valence-corrected chi connectivity index (χ0v) is 14.9. The fourth-order valence-electron chi connectivity index (χ4n) is 2.66. The first-order valence-corrected chi connectivity index (χ1v) is 8.19. The quantitative estimate of drug-likeness (QED) is 0.548. The molecule has 0 unspecified atom stereocenters. The molecule has 1 aromatic carbocycles. The normalized spacial score (nSPS) is 13.3. The van der Waals surface area contributed by atoms with Gasteiger partial charge in [0.25, 0.3) is 11.1 Å². The topological polar surface area (TPSA) is 94.4 Å². The fourth-order valence-corrected chi connectivity index (χ4v) is 2.66. The van der Waals surface area contributed by atoms with Crippen LogP contribution in [-0.4, -0.2) is 27.8 Å². The molecule has 130 valence electrons. The maximum atomic E-state index is 12.4. The Bertz CT molecular complexity index is 1180. The highest BCUT2D eigenvalue weighted by atomic mass is 16.1.